The second-order valence-corrected chi connectivity index (χ2v) is 9.31. The minimum atomic E-state index is -1.77. The number of ether oxygens (including phenoxy) is 2. The van der Waals surface area contributed by atoms with Gasteiger partial charge in [0.15, 0.2) is 23.1 Å². The number of hydrogen-bond acceptors (Lipinski definition) is 10. The highest BCUT2D eigenvalue weighted by Gasteiger charge is 2.45. The van der Waals surface area contributed by atoms with Crippen LogP contribution >= 0.6 is 0 Å². The van der Waals surface area contributed by atoms with Crippen molar-refractivity contribution in [3.8, 4) is 11.5 Å². The van der Waals surface area contributed by atoms with E-state index < -0.39 is 54.6 Å². The lowest BCUT2D eigenvalue weighted by Crippen LogP contribution is -2.60. The Kier molecular flexibility index (Phi) is 7.01. The Bertz CT molecular complexity index is 1380. The van der Waals surface area contributed by atoms with Crippen LogP contribution in [-0.4, -0.2) is 79.5 Å². The maximum Gasteiger partial charge on any atom is 0.229 e. The van der Waals surface area contributed by atoms with Crippen LogP contribution in [0.5, 0.6) is 11.5 Å². The first-order chi connectivity index (χ1) is 18.2. The Balaban J connectivity index is 1.64. The van der Waals surface area contributed by atoms with Crippen LogP contribution in [0.25, 0.3) is 0 Å². The number of hydrogen-bond donors (Lipinski definition) is 6. The number of rotatable bonds is 6. The molecule has 0 aromatic heterocycles. The molecule has 3 aromatic rings. The lowest BCUT2D eigenvalue weighted by atomic mass is 9.81. The molecule has 0 saturated carbocycles. The number of aromatic hydroxyl groups is 1. The molecular weight excluding hydrogens is 496 g/mol. The molecule has 198 valence electrons. The van der Waals surface area contributed by atoms with E-state index in [2.05, 4.69) is 0 Å². The maximum absolute atomic E-state index is 13.5. The smallest absolute Gasteiger partial charge is 0.229 e. The molecule has 5 atom stereocenters. The topological polar surface area (TPSA) is 174 Å². The molecule has 0 bridgehead atoms. The normalized spacial score (nSPS) is 24.6. The van der Waals surface area contributed by atoms with Crippen molar-refractivity contribution in [3.63, 3.8) is 0 Å². The predicted octanol–water partition coefficient (Wildman–Crippen LogP) is 0.429. The molecule has 0 unspecified atom stereocenters. The molecule has 10 nitrogen and oxygen atoms in total. The first-order valence-corrected chi connectivity index (χ1v) is 12.0. The summed E-state index contributed by atoms with van der Waals surface area (Å²) in [7, 11) is 0. The van der Waals surface area contributed by atoms with Gasteiger partial charge in [-0.1, -0.05) is 36.4 Å². The number of phenolic OH excluding ortho intramolecular Hbond substituents is 1. The summed E-state index contributed by atoms with van der Waals surface area (Å²) in [6.45, 7) is -1.04. The number of ketones is 2. The second kappa shape index (κ2) is 10.3. The molecule has 1 saturated heterocycles. The SMILES string of the molecule is O=C1c2ccc(CO)cc2C(=O)c2c1cc(Cc1ccccc1)c(O[C@H]1O[C@@H](CO)[C@H](O)[C@@H](O)[C@@H]1O)c2O. The van der Waals surface area contributed by atoms with Gasteiger partial charge in [-0.05, 0) is 29.3 Å². The molecular formula is C28H26O10. The van der Waals surface area contributed by atoms with E-state index in [1.54, 1.807) is 12.1 Å². The van der Waals surface area contributed by atoms with Gasteiger partial charge < -0.3 is 40.1 Å². The quantitative estimate of drug-likeness (QED) is 0.208. The van der Waals surface area contributed by atoms with Gasteiger partial charge in [0.25, 0.3) is 0 Å². The molecule has 1 aliphatic carbocycles. The van der Waals surface area contributed by atoms with Crippen LogP contribution in [0.3, 0.4) is 0 Å². The molecule has 38 heavy (non-hydrogen) atoms. The van der Waals surface area contributed by atoms with E-state index in [9.17, 15) is 40.2 Å². The Morgan fingerprint density at radius 3 is 2.21 bits per heavy atom. The minimum Gasteiger partial charge on any atom is -0.504 e. The fraction of sp³-hybridized carbons (Fsp3) is 0.286. The molecule has 1 aliphatic heterocycles. The number of carbonyl (C=O) groups excluding carboxylic acids is 2. The average molecular weight is 523 g/mol. The number of fused-ring (bicyclic) bond motifs is 2. The van der Waals surface area contributed by atoms with E-state index >= 15 is 0 Å². The van der Waals surface area contributed by atoms with Gasteiger partial charge in [0, 0.05) is 28.7 Å². The number of aliphatic hydroxyl groups is 5. The van der Waals surface area contributed by atoms with Crippen molar-refractivity contribution in [3.05, 3.63) is 93.5 Å². The van der Waals surface area contributed by atoms with Crippen LogP contribution < -0.4 is 4.74 Å². The van der Waals surface area contributed by atoms with Gasteiger partial charge in [-0.25, -0.2) is 0 Å². The van der Waals surface area contributed by atoms with Crippen molar-refractivity contribution in [1.82, 2.24) is 0 Å². The van der Waals surface area contributed by atoms with Crippen molar-refractivity contribution in [2.75, 3.05) is 6.61 Å². The van der Waals surface area contributed by atoms with Crippen molar-refractivity contribution in [1.29, 1.82) is 0 Å². The maximum atomic E-state index is 13.5. The van der Waals surface area contributed by atoms with E-state index in [1.165, 1.54) is 24.3 Å². The van der Waals surface area contributed by atoms with Crippen molar-refractivity contribution in [2.45, 2.75) is 43.7 Å². The summed E-state index contributed by atoms with van der Waals surface area (Å²) in [6, 6.07) is 14.9. The van der Waals surface area contributed by atoms with E-state index in [-0.39, 0.29) is 41.0 Å². The zero-order chi connectivity index (χ0) is 27.1. The zero-order valence-corrected chi connectivity index (χ0v) is 20.0. The van der Waals surface area contributed by atoms with Gasteiger partial charge in [0.1, 0.15) is 24.4 Å². The van der Waals surface area contributed by atoms with Crippen LogP contribution in [0.2, 0.25) is 0 Å². The van der Waals surface area contributed by atoms with Gasteiger partial charge in [0.05, 0.1) is 18.8 Å². The number of carbonyl (C=O) groups is 2. The third kappa shape index (κ3) is 4.37. The summed E-state index contributed by atoms with van der Waals surface area (Å²) in [5.41, 5.74) is 1.28. The van der Waals surface area contributed by atoms with E-state index in [4.69, 9.17) is 9.47 Å². The predicted molar refractivity (Wildman–Crippen MR) is 131 cm³/mol. The average Bonchev–Trinajstić information content (AvgIpc) is 2.93. The Hall–Kier alpha value is -3.64. The van der Waals surface area contributed by atoms with Gasteiger partial charge in [-0.15, -0.1) is 0 Å². The zero-order valence-electron chi connectivity index (χ0n) is 20.0. The van der Waals surface area contributed by atoms with Gasteiger partial charge >= 0.3 is 0 Å². The standard InChI is InChI=1S/C28H26O10/c29-11-14-6-7-16-17(9-14)22(32)20-18(21(16)31)10-15(8-13-4-2-1-3-5-13)27(24(20)34)38-28-26(36)25(35)23(33)19(12-30)37-28/h1-7,9-10,19,23,25-26,28-30,33-36H,8,11-12H2/t19-,23-,25+,26-,28+/m0/s1. The Morgan fingerprint density at radius 2 is 1.53 bits per heavy atom. The van der Waals surface area contributed by atoms with Crippen molar-refractivity contribution >= 4 is 11.6 Å². The van der Waals surface area contributed by atoms with Crippen molar-refractivity contribution in [2.24, 2.45) is 0 Å². The van der Waals surface area contributed by atoms with E-state index in [0.29, 0.717) is 11.1 Å². The summed E-state index contributed by atoms with van der Waals surface area (Å²) in [5.74, 6) is -2.08. The molecule has 10 heteroatoms. The first kappa shape index (κ1) is 26.0. The molecule has 0 amide bonds. The van der Waals surface area contributed by atoms with Crippen LogP contribution in [0.1, 0.15) is 48.5 Å². The molecule has 6 N–H and O–H groups in total. The second-order valence-electron chi connectivity index (χ2n) is 9.31. The van der Waals surface area contributed by atoms with Crippen LogP contribution in [0.15, 0.2) is 54.6 Å². The number of benzene rings is 3. The third-order valence-corrected chi connectivity index (χ3v) is 6.88. The molecule has 1 fully saturated rings. The third-order valence-electron chi connectivity index (χ3n) is 6.88. The molecule has 3 aromatic carbocycles. The summed E-state index contributed by atoms with van der Waals surface area (Å²) in [6.07, 6.45) is -7.85. The fourth-order valence-corrected chi connectivity index (χ4v) is 4.83. The lowest BCUT2D eigenvalue weighted by molar-refractivity contribution is -0.277. The Morgan fingerprint density at radius 1 is 0.789 bits per heavy atom. The van der Waals surface area contributed by atoms with Crippen molar-refractivity contribution < 1.29 is 49.7 Å². The lowest BCUT2D eigenvalue weighted by Gasteiger charge is -2.40. The number of phenols is 1. The van der Waals surface area contributed by atoms with Crippen LogP contribution in [-0.2, 0) is 17.8 Å². The van der Waals surface area contributed by atoms with Gasteiger partial charge in [0.2, 0.25) is 6.29 Å². The molecule has 0 radical (unpaired) electrons. The van der Waals surface area contributed by atoms with Crippen LogP contribution in [0.4, 0.5) is 0 Å². The van der Waals surface area contributed by atoms with Gasteiger partial charge in [-0.3, -0.25) is 9.59 Å². The van der Waals surface area contributed by atoms with Gasteiger partial charge in [-0.2, -0.15) is 0 Å². The highest BCUT2D eigenvalue weighted by atomic mass is 16.7. The molecule has 0 spiro atoms. The van der Waals surface area contributed by atoms with E-state index in [1.807, 2.05) is 18.2 Å². The largest absolute Gasteiger partial charge is 0.504 e. The van der Waals surface area contributed by atoms with E-state index in [0.717, 1.165) is 5.56 Å². The molecule has 2 aliphatic rings. The monoisotopic (exact) mass is 522 g/mol. The molecule has 5 rings (SSSR count). The minimum absolute atomic E-state index is 0.0129. The summed E-state index contributed by atoms with van der Waals surface area (Å²) >= 11 is 0. The fourth-order valence-electron chi connectivity index (χ4n) is 4.83. The molecule has 1 heterocycles. The summed E-state index contributed by atoms with van der Waals surface area (Å²) in [5, 5.41) is 61.2. The highest BCUT2D eigenvalue weighted by Crippen LogP contribution is 2.43. The summed E-state index contributed by atoms with van der Waals surface area (Å²) < 4.78 is 11.3. The Labute approximate surface area is 216 Å². The first-order valence-electron chi connectivity index (χ1n) is 12.0. The van der Waals surface area contributed by atoms with Crippen LogP contribution in [0, 0.1) is 0 Å². The number of aliphatic hydroxyl groups excluding tert-OH is 5. The highest BCUT2D eigenvalue weighted by molar-refractivity contribution is 6.29. The summed E-state index contributed by atoms with van der Waals surface area (Å²) in [4.78, 5) is 26.9.